The number of aromatic nitrogens is 2. The van der Waals surface area contributed by atoms with Gasteiger partial charge < -0.3 is 10.2 Å². The topological polar surface area (TPSA) is 41.0 Å². The van der Waals surface area contributed by atoms with E-state index in [1.165, 1.54) is 6.07 Å². The Morgan fingerprint density at radius 3 is 2.59 bits per heavy atom. The molecule has 27 heavy (non-hydrogen) atoms. The molecular weight excluding hydrogens is 346 g/mol. The molecule has 0 spiro atoms. The molecule has 1 aromatic heterocycles. The van der Waals surface area contributed by atoms with Crippen molar-refractivity contribution < 1.29 is 8.78 Å². The maximum absolute atomic E-state index is 13.4. The summed E-state index contributed by atoms with van der Waals surface area (Å²) in [6.45, 7) is 1.78. The highest BCUT2D eigenvalue weighted by Gasteiger charge is 2.06. The number of nitrogens with one attached hydrogen (secondary N) is 1. The summed E-state index contributed by atoms with van der Waals surface area (Å²) in [5, 5.41) is 4.33. The van der Waals surface area contributed by atoms with Crippen molar-refractivity contribution in [2.24, 2.45) is 0 Å². The van der Waals surface area contributed by atoms with Gasteiger partial charge in [0.05, 0.1) is 5.52 Å². The van der Waals surface area contributed by atoms with Gasteiger partial charge in [-0.25, -0.2) is 18.7 Å². The van der Waals surface area contributed by atoms with Crippen molar-refractivity contribution >= 4 is 28.9 Å². The van der Waals surface area contributed by atoms with Crippen molar-refractivity contribution in [1.29, 1.82) is 0 Å². The molecule has 1 N–H and O–H groups in total. The quantitative estimate of drug-likeness (QED) is 0.626. The average molecular weight is 368 g/mol. The van der Waals surface area contributed by atoms with Crippen molar-refractivity contribution in [3.63, 3.8) is 0 Å². The van der Waals surface area contributed by atoms with Crippen LogP contribution in [0, 0.1) is 11.6 Å². The SMILES string of the molecule is CN(C)CCCNc1nc(/C=C/c2ccc(F)c(F)c2)nc2ccccc12. The predicted octanol–water partition coefficient (Wildman–Crippen LogP) is 4.44. The standard InChI is InChI=1S/C21H22F2N4/c1-27(2)13-5-12-24-21-16-6-3-4-7-19(16)25-20(26-21)11-9-15-8-10-17(22)18(23)14-15/h3-4,6-11,14H,5,12-13H2,1-2H3,(H,24,25,26)/b11-9+. The molecule has 2 aromatic carbocycles. The van der Waals surface area contributed by atoms with Gasteiger partial charge in [-0.15, -0.1) is 0 Å². The van der Waals surface area contributed by atoms with Gasteiger partial charge in [0.1, 0.15) is 5.82 Å². The Kier molecular flexibility index (Phi) is 6.08. The van der Waals surface area contributed by atoms with Crippen LogP contribution in [0.5, 0.6) is 0 Å². The molecule has 0 amide bonds. The molecule has 3 aromatic rings. The first kappa shape index (κ1) is 18.9. The van der Waals surface area contributed by atoms with Crippen molar-refractivity contribution in [1.82, 2.24) is 14.9 Å². The van der Waals surface area contributed by atoms with Crippen LogP contribution < -0.4 is 5.32 Å². The molecule has 0 aliphatic carbocycles. The van der Waals surface area contributed by atoms with Crippen LogP contribution in [-0.4, -0.2) is 42.1 Å². The van der Waals surface area contributed by atoms with E-state index >= 15 is 0 Å². The minimum absolute atomic E-state index is 0.508. The summed E-state index contributed by atoms with van der Waals surface area (Å²) >= 11 is 0. The van der Waals surface area contributed by atoms with Crippen molar-refractivity contribution in [3.05, 3.63) is 65.5 Å². The summed E-state index contributed by atoms with van der Waals surface area (Å²) in [7, 11) is 4.09. The number of rotatable bonds is 7. The lowest BCUT2D eigenvalue weighted by Gasteiger charge is -2.12. The molecule has 0 bridgehead atoms. The second-order valence-electron chi connectivity index (χ2n) is 6.54. The maximum Gasteiger partial charge on any atom is 0.159 e. The number of anilines is 1. The van der Waals surface area contributed by atoms with E-state index in [0.717, 1.165) is 48.4 Å². The lowest BCUT2D eigenvalue weighted by molar-refractivity contribution is 0.405. The number of benzene rings is 2. The highest BCUT2D eigenvalue weighted by molar-refractivity contribution is 5.90. The van der Waals surface area contributed by atoms with Gasteiger partial charge in [-0.3, -0.25) is 0 Å². The maximum atomic E-state index is 13.4. The number of hydrogen-bond acceptors (Lipinski definition) is 4. The molecule has 0 atom stereocenters. The monoisotopic (exact) mass is 368 g/mol. The van der Waals surface area contributed by atoms with Crippen LogP contribution in [0.2, 0.25) is 0 Å². The predicted molar refractivity (Wildman–Crippen MR) is 106 cm³/mol. The van der Waals surface area contributed by atoms with Crippen molar-refractivity contribution in [2.75, 3.05) is 32.5 Å². The molecule has 0 fully saturated rings. The second kappa shape index (κ2) is 8.68. The zero-order chi connectivity index (χ0) is 19.2. The first-order chi connectivity index (χ1) is 13.0. The minimum Gasteiger partial charge on any atom is -0.369 e. The van der Waals surface area contributed by atoms with Crippen LogP contribution >= 0.6 is 0 Å². The third-order valence-electron chi connectivity index (χ3n) is 4.06. The zero-order valence-corrected chi connectivity index (χ0v) is 15.4. The van der Waals surface area contributed by atoms with E-state index < -0.39 is 11.6 Å². The van der Waals surface area contributed by atoms with Gasteiger partial charge in [0, 0.05) is 11.9 Å². The van der Waals surface area contributed by atoms with Crippen LogP contribution in [0.4, 0.5) is 14.6 Å². The highest BCUT2D eigenvalue weighted by atomic mass is 19.2. The third kappa shape index (κ3) is 5.08. The summed E-state index contributed by atoms with van der Waals surface area (Å²) in [5.41, 5.74) is 1.37. The van der Waals surface area contributed by atoms with E-state index in [-0.39, 0.29) is 0 Å². The fraction of sp³-hybridized carbons (Fsp3) is 0.238. The molecule has 0 aliphatic rings. The Hall–Kier alpha value is -2.86. The van der Waals surface area contributed by atoms with E-state index in [1.54, 1.807) is 12.2 Å². The van der Waals surface area contributed by atoms with Crippen LogP contribution in [0.3, 0.4) is 0 Å². The number of nitrogens with zero attached hydrogens (tertiary/aromatic N) is 3. The number of halogens is 2. The molecule has 140 valence electrons. The molecule has 0 saturated carbocycles. The molecule has 3 rings (SSSR count). The molecule has 0 aliphatic heterocycles. The van der Waals surface area contributed by atoms with Crippen LogP contribution in [0.25, 0.3) is 23.1 Å². The van der Waals surface area contributed by atoms with Gasteiger partial charge in [0.15, 0.2) is 17.5 Å². The Balaban J connectivity index is 1.84. The van der Waals surface area contributed by atoms with E-state index in [1.807, 2.05) is 38.4 Å². The summed E-state index contributed by atoms with van der Waals surface area (Å²) in [6.07, 6.45) is 4.36. The first-order valence-corrected chi connectivity index (χ1v) is 8.81. The fourth-order valence-corrected chi connectivity index (χ4v) is 2.69. The van der Waals surface area contributed by atoms with Crippen molar-refractivity contribution in [2.45, 2.75) is 6.42 Å². The lowest BCUT2D eigenvalue weighted by Crippen LogP contribution is -2.16. The van der Waals surface area contributed by atoms with Gasteiger partial charge in [-0.2, -0.15) is 0 Å². The molecule has 0 saturated heterocycles. The van der Waals surface area contributed by atoms with E-state index in [0.29, 0.717) is 11.4 Å². The second-order valence-corrected chi connectivity index (χ2v) is 6.54. The first-order valence-electron chi connectivity index (χ1n) is 8.81. The van der Waals surface area contributed by atoms with E-state index in [4.69, 9.17) is 0 Å². The van der Waals surface area contributed by atoms with Crippen LogP contribution in [0.15, 0.2) is 42.5 Å². The van der Waals surface area contributed by atoms with E-state index in [2.05, 4.69) is 20.2 Å². The van der Waals surface area contributed by atoms with Crippen LogP contribution in [-0.2, 0) is 0 Å². The average Bonchev–Trinajstić information content (AvgIpc) is 2.66. The molecule has 1 heterocycles. The molecule has 4 nitrogen and oxygen atoms in total. The third-order valence-corrected chi connectivity index (χ3v) is 4.06. The van der Waals surface area contributed by atoms with Gasteiger partial charge in [0.2, 0.25) is 0 Å². The number of fused-ring (bicyclic) bond motifs is 1. The Labute approximate surface area is 157 Å². The molecular formula is C21H22F2N4. The Bertz CT molecular complexity index is 954. The van der Waals surface area contributed by atoms with Gasteiger partial charge in [-0.1, -0.05) is 24.3 Å². The minimum atomic E-state index is -0.875. The zero-order valence-electron chi connectivity index (χ0n) is 15.4. The normalized spacial score (nSPS) is 11.6. The largest absolute Gasteiger partial charge is 0.369 e. The van der Waals surface area contributed by atoms with Gasteiger partial charge >= 0.3 is 0 Å². The lowest BCUT2D eigenvalue weighted by atomic mass is 10.2. The molecule has 0 unspecified atom stereocenters. The number of para-hydroxylation sites is 1. The van der Waals surface area contributed by atoms with Gasteiger partial charge in [0.25, 0.3) is 0 Å². The van der Waals surface area contributed by atoms with E-state index in [9.17, 15) is 8.78 Å². The molecule has 0 radical (unpaired) electrons. The number of hydrogen-bond donors (Lipinski definition) is 1. The summed E-state index contributed by atoms with van der Waals surface area (Å²) in [5.74, 6) is -0.462. The smallest absolute Gasteiger partial charge is 0.159 e. The Morgan fingerprint density at radius 1 is 1.00 bits per heavy atom. The summed E-state index contributed by atoms with van der Waals surface area (Å²) in [6, 6.07) is 11.5. The fourth-order valence-electron chi connectivity index (χ4n) is 2.69. The molecule has 6 heteroatoms. The van der Waals surface area contributed by atoms with Crippen molar-refractivity contribution in [3.8, 4) is 0 Å². The highest BCUT2D eigenvalue weighted by Crippen LogP contribution is 2.21. The van der Waals surface area contributed by atoms with Gasteiger partial charge in [-0.05, 0) is 63.0 Å². The Morgan fingerprint density at radius 2 is 1.81 bits per heavy atom. The summed E-state index contributed by atoms with van der Waals surface area (Å²) in [4.78, 5) is 11.3. The van der Waals surface area contributed by atoms with Crippen LogP contribution in [0.1, 0.15) is 17.8 Å². The summed E-state index contributed by atoms with van der Waals surface area (Å²) < 4.78 is 26.4.